The van der Waals surface area contributed by atoms with E-state index in [0.717, 1.165) is 37.9 Å². The summed E-state index contributed by atoms with van der Waals surface area (Å²) in [6.45, 7) is 5.07. The van der Waals surface area contributed by atoms with E-state index in [1.807, 2.05) is 17.9 Å². The number of piperidine rings is 1. The van der Waals surface area contributed by atoms with Crippen molar-refractivity contribution in [3.05, 3.63) is 58.6 Å². The van der Waals surface area contributed by atoms with E-state index in [2.05, 4.69) is 5.32 Å². The molecule has 0 bridgehead atoms. The Morgan fingerprint density at radius 3 is 2.54 bits per heavy atom. The maximum absolute atomic E-state index is 12.9. The monoisotopic (exact) mass is 400 g/mol. The fraction of sp³-hybridized carbons (Fsp3) is 0.364. The Kier molecular flexibility index (Phi) is 6.57. The first-order chi connectivity index (χ1) is 13.5. The van der Waals surface area contributed by atoms with E-state index in [4.69, 9.17) is 16.3 Å². The van der Waals surface area contributed by atoms with Crippen LogP contribution in [0.3, 0.4) is 0 Å². The molecule has 0 saturated carbocycles. The van der Waals surface area contributed by atoms with Crippen LogP contribution in [0.1, 0.15) is 42.1 Å². The Balaban J connectivity index is 1.69. The van der Waals surface area contributed by atoms with Crippen LogP contribution in [-0.4, -0.2) is 35.9 Å². The number of rotatable bonds is 5. The minimum Gasteiger partial charge on any atom is -0.481 e. The van der Waals surface area contributed by atoms with Crippen LogP contribution in [0.15, 0.2) is 42.5 Å². The number of likely N-dealkylation sites (tertiary alicyclic amines) is 1. The van der Waals surface area contributed by atoms with E-state index in [1.54, 1.807) is 43.3 Å². The van der Waals surface area contributed by atoms with Gasteiger partial charge in [0.2, 0.25) is 0 Å². The largest absolute Gasteiger partial charge is 0.481 e. The topological polar surface area (TPSA) is 58.6 Å². The second-order valence-corrected chi connectivity index (χ2v) is 7.47. The molecule has 148 valence electrons. The number of aryl methyl sites for hydroxylation is 1. The van der Waals surface area contributed by atoms with E-state index < -0.39 is 6.10 Å². The SMILES string of the molecule is Cc1cc(OC(C)C(=O)Nc2ccccc2C(=O)N2CCCCC2)ccc1Cl. The van der Waals surface area contributed by atoms with Gasteiger partial charge in [-0.25, -0.2) is 0 Å². The molecule has 2 aromatic rings. The number of halogens is 1. The summed E-state index contributed by atoms with van der Waals surface area (Å²) in [6, 6.07) is 12.4. The van der Waals surface area contributed by atoms with Crippen LogP contribution >= 0.6 is 11.6 Å². The zero-order valence-corrected chi connectivity index (χ0v) is 17.0. The summed E-state index contributed by atoms with van der Waals surface area (Å²) in [7, 11) is 0. The zero-order chi connectivity index (χ0) is 20.1. The molecule has 1 unspecified atom stereocenters. The van der Waals surface area contributed by atoms with Crippen LogP contribution in [0.2, 0.25) is 5.02 Å². The first kappa shape index (κ1) is 20.2. The number of carbonyl (C=O) groups is 2. The van der Waals surface area contributed by atoms with Crippen molar-refractivity contribution in [2.45, 2.75) is 39.2 Å². The number of amides is 2. The molecule has 28 heavy (non-hydrogen) atoms. The molecule has 1 heterocycles. The van der Waals surface area contributed by atoms with E-state index >= 15 is 0 Å². The Morgan fingerprint density at radius 2 is 1.82 bits per heavy atom. The van der Waals surface area contributed by atoms with Gasteiger partial charge in [-0.05, 0) is 69.0 Å². The van der Waals surface area contributed by atoms with Crippen molar-refractivity contribution in [2.24, 2.45) is 0 Å². The number of hydrogen-bond acceptors (Lipinski definition) is 3. The number of hydrogen-bond donors (Lipinski definition) is 1. The summed E-state index contributed by atoms with van der Waals surface area (Å²) in [4.78, 5) is 27.3. The highest BCUT2D eigenvalue weighted by Gasteiger charge is 2.23. The van der Waals surface area contributed by atoms with Gasteiger partial charge in [0.05, 0.1) is 11.3 Å². The lowest BCUT2D eigenvalue weighted by atomic mass is 10.1. The highest BCUT2D eigenvalue weighted by atomic mass is 35.5. The molecule has 0 spiro atoms. The molecule has 5 nitrogen and oxygen atoms in total. The molecular formula is C22H25ClN2O3. The van der Waals surface area contributed by atoms with Crippen LogP contribution in [0.5, 0.6) is 5.75 Å². The standard InChI is InChI=1S/C22H25ClN2O3/c1-15-14-17(10-11-19(15)23)28-16(2)21(26)24-20-9-5-4-8-18(20)22(27)25-12-6-3-7-13-25/h4-5,8-11,14,16H,3,6-7,12-13H2,1-2H3,(H,24,26). The van der Waals surface area contributed by atoms with Crippen molar-refractivity contribution >= 4 is 29.1 Å². The quantitative estimate of drug-likeness (QED) is 0.792. The lowest BCUT2D eigenvalue weighted by molar-refractivity contribution is -0.122. The smallest absolute Gasteiger partial charge is 0.265 e. The second-order valence-electron chi connectivity index (χ2n) is 7.06. The molecule has 1 N–H and O–H groups in total. The highest BCUT2D eigenvalue weighted by Crippen LogP contribution is 2.23. The molecule has 1 atom stereocenters. The van der Waals surface area contributed by atoms with Gasteiger partial charge in [-0.15, -0.1) is 0 Å². The van der Waals surface area contributed by atoms with E-state index in [0.29, 0.717) is 22.0 Å². The van der Waals surface area contributed by atoms with Gasteiger partial charge in [-0.3, -0.25) is 9.59 Å². The Hall–Kier alpha value is -2.53. The number of ether oxygens (including phenoxy) is 1. The van der Waals surface area contributed by atoms with Crippen molar-refractivity contribution in [2.75, 3.05) is 18.4 Å². The average Bonchev–Trinajstić information content (AvgIpc) is 2.71. The van der Waals surface area contributed by atoms with Crippen LogP contribution in [0.4, 0.5) is 5.69 Å². The number of carbonyl (C=O) groups excluding carboxylic acids is 2. The maximum atomic E-state index is 12.9. The molecule has 1 saturated heterocycles. The fourth-order valence-corrected chi connectivity index (χ4v) is 3.35. The molecule has 2 aromatic carbocycles. The summed E-state index contributed by atoms with van der Waals surface area (Å²) in [5.41, 5.74) is 1.89. The van der Waals surface area contributed by atoms with Crippen LogP contribution < -0.4 is 10.1 Å². The molecule has 1 aliphatic heterocycles. The highest BCUT2D eigenvalue weighted by molar-refractivity contribution is 6.31. The van der Waals surface area contributed by atoms with Gasteiger partial charge in [0.1, 0.15) is 5.75 Å². The first-order valence-corrected chi connectivity index (χ1v) is 9.95. The third-order valence-electron chi connectivity index (χ3n) is 4.87. The van der Waals surface area contributed by atoms with Crippen molar-refractivity contribution in [1.82, 2.24) is 4.90 Å². The third-order valence-corrected chi connectivity index (χ3v) is 5.29. The maximum Gasteiger partial charge on any atom is 0.265 e. The van der Waals surface area contributed by atoms with Crippen LogP contribution in [-0.2, 0) is 4.79 Å². The molecule has 2 amide bonds. The van der Waals surface area contributed by atoms with Gasteiger partial charge < -0.3 is 15.0 Å². The van der Waals surface area contributed by atoms with Crippen LogP contribution in [0, 0.1) is 6.92 Å². The lowest BCUT2D eigenvalue weighted by Gasteiger charge is -2.27. The molecule has 3 rings (SSSR count). The minimum absolute atomic E-state index is 0.0440. The normalized spacial score (nSPS) is 15.0. The van der Waals surface area contributed by atoms with Gasteiger partial charge in [-0.2, -0.15) is 0 Å². The molecular weight excluding hydrogens is 376 g/mol. The molecule has 0 aliphatic carbocycles. The molecule has 1 aliphatic rings. The predicted octanol–water partition coefficient (Wildman–Crippen LogP) is 4.68. The fourth-order valence-electron chi connectivity index (χ4n) is 3.23. The molecule has 0 aromatic heterocycles. The number of para-hydroxylation sites is 1. The summed E-state index contributed by atoms with van der Waals surface area (Å²) in [5, 5.41) is 3.49. The van der Waals surface area contributed by atoms with E-state index in [1.165, 1.54) is 0 Å². The van der Waals surface area contributed by atoms with Gasteiger partial charge >= 0.3 is 0 Å². The molecule has 1 fully saturated rings. The number of nitrogens with one attached hydrogen (secondary N) is 1. The average molecular weight is 401 g/mol. The summed E-state index contributed by atoms with van der Waals surface area (Å²) in [6.07, 6.45) is 2.47. The van der Waals surface area contributed by atoms with Gasteiger partial charge in [0, 0.05) is 18.1 Å². The third kappa shape index (κ3) is 4.84. The Labute approximate surface area is 170 Å². The van der Waals surface area contributed by atoms with Crippen molar-refractivity contribution < 1.29 is 14.3 Å². The number of anilines is 1. The van der Waals surface area contributed by atoms with Crippen LogP contribution in [0.25, 0.3) is 0 Å². The van der Waals surface area contributed by atoms with Crippen molar-refractivity contribution in [3.8, 4) is 5.75 Å². The lowest BCUT2D eigenvalue weighted by Crippen LogP contribution is -2.36. The molecule has 6 heteroatoms. The van der Waals surface area contributed by atoms with Gasteiger partial charge in [0.25, 0.3) is 11.8 Å². The summed E-state index contributed by atoms with van der Waals surface area (Å²) < 4.78 is 5.73. The van der Waals surface area contributed by atoms with E-state index in [-0.39, 0.29) is 11.8 Å². The van der Waals surface area contributed by atoms with Gasteiger partial charge in [-0.1, -0.05) is 23.7 Å². The Bertz CT molecular complexity index is 863. The number of benzene rings is 2. The van der Waals surface area contributed by atoms with E-state index in [9.17, 15) is 9.59 Å². The Morgan fingerprint density at radius 1 is 1.11 bits per heavy atom. The van der Waals surface area contributed by atoms with Crippen molar-refractivity contribution in [1.29, 1.82) is 0 Å². The predicted molar refractivity (Wildman–Crippen MR) is 111 cm³/mol. The zero-order valence-electron chi connectivity index (χ0n) is 16.2. The second kappa shape index (κ2) is 9.11. The van der Waals surface area contributed by atoms with Gasteiger partial charge in [0.15, 0.2) is 6.10 Å². The van der Waals surface area contributed by atoms with Crippen molar-refractivity contribution in [3.63, 3.8) is 0 Å². The summed E-state index contributed by atoms with van der Waals surface area (Å²) in [5.74, 6) is 0.214. The first-order valence-electron chi connectivity index (χ1n) is 9.57. The number of nitrogens with zero attached hydrogens (tertiary/aromatic N) is 1. The summed E-state index contributed by atoms with van der Waals surface area (Å²) >= 11 is 6.03. The minimum atomic E-state index is -0.723. The molecule has 0 radical (unpaired) electrons.